The van der Waals surface area contributed by atoms with Crippen molar-refractivity contribution in [1.82, 2.24) is 14.9 Å². The molecule has 7 heteroatoms. The third-order valence-corrected chi connectivity index (χ3v) is 2.75. The molecule has 7 nitrogen and oxygen atoms in total. The first-order valence-corrected chi connectivity index (χ1v) is 5.38. The van der Waals surface area contributed by atoms with Crippen molar-refractivity contribution in [2.24, 2.45) is 23.9 Å². The number of nitrogens with one attached hydrogen (secondary N) is 1. The first-order chi connectivity index (χ1) is 8.11. The smallest absolute Gasteiger partial charge is 0.272 e. The molecule has 1 unspecified atom stereocenters. The number of hydrogen-bond donors (Lipinski definition) is 3. The van der Waals surface area contributed by atoms with Crippen molar-refractivity contribution in [2.75, 3.05) is 0 Å². The molecule has 4 N–H and O–H groups in total. The number of amides is 1. The van der Waals surface area contributed by atoms with Gasteiger partial charge in [-0.15, -0.1) is 0 Å². The van der Waals surface area contributed by atoms with E-state index >= 15 is 0 Å². The molecule has 1 aromatic rings. The van der Waals surface area contributed by atoms with E-state index < -0.39 is 6.04 Å². The van der Waals surface area contributed by atoms with Crippen LogP contribution in [0.5, 0.6) is 0 Å². The van der Waals surface area contributed by atoms with Crippen molar-refractivity contribution in [3.63, 3.8) is 0 Å². The summed E-state index contributed by atoms with van der Waals surface area (Å²) in [5.74, 6) is -0.00977. The van der Waals surface area contributed by atoms with Gasteiger partial charge < -0.3 is 20.8 Å². The SMILES string of the molecule is Cn1cnc(C(=O)NC(C(N)=NO)C2CC2)c1. The molecule has 0 saturated heterocycles. The minimum Gasteiger partial charge on any atom is -0.409 e. The Balaban J connectivity index is 2.05. The monoisotopic (exact) mass is 237 g/mol. The summed E-state index contributed by atoms with van der Waals surface area (Å²) in [7, 11) is 1.78. The minimum atomic E-state index is -0.408. The number of hydrogen-bond acceptors (Lipinski definition) is 4. The quantitative estimate of drug-likeness (QED) is 0.288. The lowest BCUT2D eigenvalue weighted by molar-refractivity contribution is 0.0938. The normalized spacial score (nSPS) is 17.8. The third kappa shape index (κ3) is 2.55. The summed E-state index contributed by atoms with van der Waals surface area (Å²) in [6, 6.07) is -0.408. The molecule has 0 bridgehead atoms. The molecule has 92 valence electrons. The fourth-order valence-electron chi connectivity index (χ4n) is 1.67. The molecule has 0 aliphatic heterocycles. The van der Waals surface area contributed by atoms with Crippen LogP contribution in [0.3, 0.4) is 0 Å². The maximum atomic E-state index is 11.8. The summed E-state index contributed by atoms with van der Waals surface area (Å²) < 4.78 is 1.69. The van der Waals surface area contributed by atoms with Crippen LogP contribution in [-0.2, 0) is 7.05 Å². The average molecular weight is 237 g/mol. The Kier molecular flexibility index (Phi) is 2.99. The molecule has 1 saturated carbocycles. The van der Waals surface area contributed by atoms with Crippen molar-refractivity contribution < 1.29 is 10.0 Å². The molecule has 1 aliphatic rings. The maximum absolute atomic E-state index is 11.8. The number of carbonyl (C=O) groups excluding carboxylic acids is 1. The van der Waals surface area contributed by atoms with Gasteiger partial charge in [0, 0.05) is 13.2 Å². The molecule has 1 heterocycles. The van der Waals surface area contributed by atoms with Crippen molar-refractivity contribution in [1.29, 1.82) is 0 Å². The van der Waals surface area contributed by atoms with Crippen LogP contribution in [-0.4, -0.2) is 32.5 Å². The summed E-state index contributed by atoms with van der Waals surface area (Å²) in [5.41, 5.74) is 5.87. The second-order valence-electron chi connectivity index (χ2n) is 4.24. The first kappa shape index (κ1) is 11.4. The van der Waals surface area contributed by atoms with Crippen molar-refractivity contribution in [2.45, 2.75) is 18.9 Å². The van der Waals surface area contributed by atoms with Gasteiger partial charge in [-0.3, -0.25) is 4.79 Å². The van der Waals surface area contributed by atoms with E-state index in [1.807, 2.05) is 0 Å². The van der Waals surface area contributed by atoms with E-state index in [1.54, 1.807) is 24.1 Å². The van der Waals surface area contributed by atoms with E-state index in [1.165, 1.54) is 0 Å². The number of nitrogens with two attached hydrogens (primary N) is 1. The highest BCUT2D eigenvalue weighted by molar-refractivity contribution is 5.97. The molecular weight excluding hydrogens is 222 g/mol. The van der Waals surface area contributed by atoms with E-state index in [2.05, 4.69) is 15.5 Å². The Labute approximate surface area is 98.3 Å². The van der Waals surface area contributed by atoms with Gasteiger partial charge in [0.15, 0.2) is 5.84 Å². The van der Waals surface area contributed by atoms with Crippen LogP contribution in [0.4, 0.5) is 0 Å². The van der Waals surface area contributed by atoms with Gasteiger partial charge in [-0.05, 0) is 18.8 Å². The minimum absolute atomic E-state index is 0.0387. The fourth-order valence-corrected chi connectivity index (χ4v) is 1.67. The van der Waals surface area contributed by atoms with Crippen LogP contribution in [0, 0.1) is 5.92 Å². The molecule has 1 fully saturated rings. The fraction of sp³-hybridized carbons (Fsp3) is 0.500. The number of aryl methyl sites for hydroxylation is 1. The number of aromatic nitrogens is 2. The van der Waals surface area contributed by atoms with E-state index in [-0.39, 0.29) is 17.7 Å². The van der Waals surface area contributed by atoms with Crippen molar-refractivity contribution >= 4 is 11.7 Å². The van der Waals surface area contributed by atoms with Crippen LogP contribution in [0.1, 0.15) is 23.3 Å². The van der Waals surface area contributed by atoms with Gasteiger partial charge in [0.25, 0.3) is 5.91 Å². The standard InChI is InChI=1S/C10H15N5O2/c1-15-4-7(12-5-15)10(16)13-8(6-2-3-6)9(11)14-17/h4-6,8,17H,2-3H2,1H3,(H2,11,14)(H,13,16). The number of amidine groups is 1. The molecule has 1 aromatic heterocycles. The van der Waals surface area contributed by atoms with Crippen molar-refractivity contribution in [3.05, 3.63) is 18.2 Å². The molecule has 1 amide bonds. The molecule has 1 atom stereocenters. The molecule has 0 radical (unpaired) electrons. The van der Waals surface area contributed by atoms with Gasteiger partial charge in [0.2, 0.25) is 0 Å². The van der Waals surface area contributed by atoms with Crippen LogP contribution in [0.25, 0.3) is 0 Å². The number of nitrogens with zero attached hydrogens (tertiary/aromatic N) is 3. The highest BCUT2D eigenvalue weighted by Gasteiger charge is 2.35. The largest absolute Gasteiger partial charge is 0.409 e. The Morgan fingerprint density at radius 1 is 1.76 bits per heavy atom. The zero-order chi connectivity index (χ0) is 12.4. The first-order valence-electron chi connectivity index (χ1n) is 5.38. The predicted octanol–water partition coefficient (Wildman–Crippen LogP) is -0.325. The average Bonchev–Trinajstić information content (AvgIpc) is 3.06. The van der Waals surface area contributed by atoms with Gasteiger partial charge in [0.05, 0.1) is 12.4 Å². The van der Waals surface area contributed by atoms with Crippen molar-refractivity contribution in [3.8, 4) is 0 Å². The molecule has 0 aromatic carbocycles. The second-order valence-corrected chi connectivity index (χ2v) is 4.24. The molecule has 2 rings (SSSR count). The Bertz CT molecular complexity index is 449. The lowest BCUT2D eigenvalue weighted by Gasteiger charge is -2.15. The van der Waals surface area contributed by atoms with Crippen LogP contribution < -0.4 is 11.1 Å². The van der Waals surface area contributed by atoms with Crippen LogP contribution in [0.2, 0.25) is 0 Å². The molecule has 17 heavy (non-hydrogen) atoms. The number of imidazole rings is 1. The topological polar surface area (TPSA) is 106 Å². The summed E-state index contributed by atoms with van der Waals surface area (Å²) in [6.07, 6.45) is 5.11. The molecule has 0 spiro atoms. The number of oxime groups is 1. The van der Waals surface area contributed by atoms with E-state index in [0.29, 0.717) is 5.69 Å². The lowest BCUT2D eigenvalue weighted by atomic mass is 10.1. The van der Waals surface area contributed by atoms with E-state index in [4.69, 9.17) is 10.9 Å². The van der Waals surface area contributed by atoms with Crippen LogP contribution >= 0.6 is 0 Å². The van der Waals surface area contributed by atoms with E-state index in [0.717, 1.165) is 12.8 Å². The van der Waals surface area contributed by atoms with Gasteiger partial charge >= 0.3 is 0 Å². The van der Waals surface area contributed by atoms with E-state index in [9.17, 15) is 4.79 Å². The highest BCUT2D eigenvalue weighted by Crippen LogP contribution is 2.32. The second kappa shape index (κ2) is 4.44. The van der Waals surface area contributed by atoms with Gasteiger partial charge in [0.1, 0.15) is 5.69 Å². The summed E-state index contributed by atoms with van der Waals surface area (Å²) >= 11 is 0. The predicted molar refractivity (Wildman–Crippen MR) is 60.6 cm³/mol. The Hall–Kier alpha value is -2.05. The maximum Gasteiger partial charge on any atom is 0.272 e. The summed E-state index contributed by atoms with van der Waals surface area (Å²) in [5, 5.41) is 14.3. The highest BCUT2D eigenvalue weighted by atomic mass is 16.4. The number of rotatable bonds is 4. The zero-order valence-corrected chi connectivity index (χ0v) is 9.50. The third-order valence-electron chi connectivity index (χ3n) is 2.75. The summed E-state index contributed by atoms with van der Waals surface area (Å²) in [4.78, 5) is 15.8. The van der Waals surface area contributed by atoms with Crippen LogP contribution in [0.15, 0.2) is 17.7 Å². The van der Waals surface area contributed by atoms with Gasteiger partial charge in [-0.25, -0.2) is 4.98 Å². The Morgan fingerprint density at radius 2 is 2.47 bits per heavy atom. The molecule has 1 aliphatic carbocycles. The summed E-state index contributed by atoms with van der Waals surface area (Å²) in [6.45, 7) is 0. The number of carbonyl (C=O) groups is 1. The Morgan fingerprint density at radius 3 is 2.94 bits per heavy atom. The van der Waals surface area contributed by atoms with Gasteiger partial charge in [-0.2, -0.15) is 0 Å². The van der Waals surface area contributed by atoms with Gasteiger partial charge in [-0.1, -0.05) is 5.16 Å². The lowest BCUT2D eigenvalue weighted by Crippen LogP contribution is -2.46. The zero-order valence-electron chi connectivity index (χ0n) is 9.50. The molecular formula is C10H15N5O2.